The SMILES string of the molecule is Cc1ccc(C)c(NC(=O)Cc2nc(COC(=O)C3=CN4CCS(=O)(=O)N=C4C=C3)cs2)c1. The van der Waals surface area contributed by atoms with E-state index in [1.807, 2.05) is 32.0 Å². The normalized spacial score (nSPS) is 16.5. The number of amides is 1. The Kier molecular flexibility index (Phi) is 6.43. The van der Waals surface area contributed by atoms with Crippen molar-refractivity contribution in [3.05, 3.63) is 69.3 Å². The zero-order valence-electron chi connectivity index (χ0n) is 18.1. The molecule has 33 heavy (non-hydrogen) atoms. The van der Waals surface area contributed by atoms with Gasteiger partial charge in [-0.15, -0.1) is 15.7 Å². The summed E-state index contributed by atoms with van der Waals surface area (Å²) in [5.41, 5.74) is 3.66. The van der Waals surface area contributed by atoms with Gasteiger partial charge in [-0.1, -0.05) is 12.1 Å². The Bertz CT molecular complexity index is 1310. The van der Waals surface area contributed by atoms with Crippen molar-refractivity contribution in [3.63, 3.8) is 0 Å². The summed E-state index contributed by atoms with van der Waals surface area (Å²) < 4.78 is 32.2. The number of benzene rings is 1. The van der Waals surface area contributed by atoms with Gasteiger partial charge in [0, 0.05) is 23.8 Å². The first kappa shape index (κ1) is 22.9. The van der Waals surface area contributed by atoms with E-state index in [1.54, 1.807) is 10.3 Å². The molecule has 172 valence electrons. The summed E-state index contributed by atoms with van der Waals surface area (Å²) in [5.74, 6) is -0.552. The molecule has 3 heterocycles. The Morgan fingerprint density at radius 2 is 2.06 bits per heavy atom. The Labute approximate surface area is 195 Å². The number of hydrogen-bond donors (Lipinski definition) is 1. The molecule has 0 radical (unpaired) electrons. The first-order valence-corrected chi connectivity index (χ1v) is 12.6. The summed E-state index contributed by atoms with van der Waals surface area (Å²) in [5, 5.41) is 5.28. The molecule has 0 unspecified atom stereocenters. The van der Waals surface area contributed by atoms with Crippen molar-refractivity contribution < 1.29 is 22.7 Å². The average Bonchev–Trinajstić information content (AvgIpc) is 3.20. The molecule has 2 aliphatic rings. The zero-order chi connectivity index (χ0) is 23.6. The lowest BCUT2D eigenvalue weighted by Crippen LogP contribution is -2.37. The van der Waals surface area contributed by atoms with Gasteiger partial charge in [-0.25, -0.2) is 18.2 Å². The number of rotatable bonds is 6. The van der Waals surface area contributed by atoms with Crippen LogP contribution in [0.15, 0.2) is 51.9 Å². The lowest BCUT2D eigenvalue weighted by molar-refractivity contribution is -0.140. The van der Waals surface area contributed by atoms with Crippen molar-refractivity contribution in [2.75, 3.05) is 17.6 Å². The molecule has 4 rings (SSSR count). The topological polar surface area (TPSA) is 118 Å². The molecule has 1 aromatic carbocycles. The van der Waals surface area contributed by atoms with E-state index in [4.69, 9.17) is 4.74 Å². The first-order valence-electron chi connectivity index (χ1n) is 10.2. The highest BCUT2D eigenvalue weighted by Crippen LogP contribution is 2.19. The average molecular weight is 487 g/mol. The van der Waals surface area contributed by atoms with Gasteiger partial charge < -0.3 is 15.0 Å². The maximum Gasteiger partial charge on any atom is 0.340 e. The number of amidine groups is 1. The van der Waals surface area contributed by atoms with Crippen LogP contribution in [0.5, 0.6) is 0 Å². The van der Waals surface area contributed by atoms with E-state index in [0.29, 0.717) is 10.7 Å². The fourth-order valence-corrected chi connectivity index (χ4v) is 4.99. The molecule has 11 heteroatoms. The van der Waals surface area contributed by atoms with E-state index < -0.39 is 16.0 Å². The van der Waals surface area contributed by atoms with Gasteiger partial charge in [-0.05, 0) is 43.2 Å². The predicted octanol–water partition coefficient (Wildman–Crippen LogP) is 2.48. The quantitative estimate of drug-likeness (QED) is 0.623. The third-order valence-electron chi connectivity index (χ3n) is 4.99. The molecule has 0 atom stereocenters. The molecule has 1 amide bonds. The van der Waals surface area contributed by atoms with Crippen molar-refractivity contribution in [3.8, 4) is 0 Å². The molecule has 1 aromatic heterocycles. The van der Waals surface area contributed by atoms with Gasteiger partial charge in [0.2, 0.25) is 5.91 Å². The van der Waals surface area contributed by atoms with Gasteiger partial charge in [0.1, 0.15) is 17.5 Å². The third-order valence-corrected chi connectivity index (χ3v) is 7.05. The number of carbonyl (C=O) groups excluding carboxylic acids is 2. The number of aromatic nitrogens is 1. The largest absolute Gasteiger partial charge is 0.456 e. The van der Waals surface area contributed by atoms with Crippen molar-refractivity contribution in [2.45, 2.75) is 26.9 Å². The molecular formula is C22H22N4O5S2. The van der Waals surface area contributed by atoms with E-state index in [-0.39, 0.29) is 42.6 Å². The smallest absolute Gasteiger partial charge is 0.340 e. The second-order valence-electron chi connectivity index (χ2n) is 7.70. The van der Waals surface area contributed by atoms with Crippen LogP contribution in [0.3, 0.4) is 0 Å². The van der Waals surface area contributed by atoms with Crippen LogP contribution in [-0.4, -0.2) is 48.3 Å². The van der Waals surface area contributed by atoms with Crippen LogP contribution in [-0.2, 0) is 37.4 Å². The van der Waals surface area contributed by atoms with Gasteiger partial charge in [-0.3, -0.25) is 4.79 Å². The second kappa shape index (κ2) is 9.28. The van der Waals surface area contributed by atoms with Crippen molar-refractivity contribution in [2.24, 2.45) is 4.40 Å². The number of aryl methyl sites for hydroxylation is 2. The number of sulfonamides is 1. The van der Waals surface area contributed by atoms with E-state index >= 15 is 0 Å². The molecule has 0 spiro atoms. The lowest BCUT2D eigenvalue weighted by Gasteiger charge is -2.26. The van der Waals surface area contributed by atoms with Crippen LogP contribution in [0, 0.1) is 13.8 Å². The Balaban J connectivity index is 1.31. The maximum absolute atomic E-state index is 12.4. The van der Waals surface area contributed by atoms with E-state index in [0.717, 1.165) is 16.8 Å². The van der Waals surface area contributed by atoms with Gasteiger partial charge in [-0.2, -0.15) is 0 Å². The number of anilines is 1. The monoisotopic (exact) mass is 486 g/mol. The number of nitrogens with zero attached hydrogens (tertiary/aromatic N) is 3. The number of thiazole rings is 1. The summed E-state index contributed by atoms with van der Waals surface area (Å²) in [6.07, 6.45) is 4.60. The van der Waals surface area contributed by atoms with E-state index in [9.17, 15) is 18.0 Å². The Hall–Kier alpha value is -3.31. The molecule has 2 aromatic rings. The molecular weight excluding hydrogens is 464 g/mol. The second-order valence-corrected chi connectivity index (χ2v) is 10.4. The Morgan fingerprint density at radius 1 is 1.24 bits per heavy atom. The summed E-state index contributed by atoms with van der Waals surface area (Å²) >= 11 is 1.33. The predicted molar refractivity (Wildman–Crippen MR) is 125 cm³/mol. The number of nitrogens with one attached hydrogen (secondary N) is 1. The van der Waals surface area contributed by atoms with E-state index in [1.165, 1.54) is 29.7 Å². The van der Waals surface area contributed by atoms with Gasteiger partial charge in [0.15, 0.2) is 0 Å². The highest BCUT2D eigenvalue weighted by molar-refractivity contribution is 7.90. The fourth-order valence-electron chi connectivity index (χ4n) is 3.24. The number of ether oxygens (including phenoxy) is 1. The van der Waals surface area contributed by atoms with Crippen LogP contribution in [0.4, 0.5) is 5.69 Å². The van der Waals surface area contributed by atoms with Gasteiger partial charge >= 0.3 is 5.97 Å². The van der Waals surface area contributed by atoms with Crippen LogP contribution in [0.25, 0.3) is 0 Å². The highest BCUT2D eigenvalue weighted by Gasteiger charge is 2.25. The molecule has 2 aliphatic heterocycles. The summed E-state index contributed by atoms with van der Waals surface area (Å²) in [7, 11) is -3.45. The van der Waals surface area contributed by atoms with Crippen LogP contribution >= 0.6 is 11.3 Å². The molecule has 0 saturated heterocycles. The summed E-state index contributed by atoms with van der Waals surface area (Å²) in [4.78, 5) is 30.8. The van der Waals surface area contributed by atoms with Gasteiger partial charge in [0.05, 0.1) is 23.4 Å². The minimum Gasteiger partial charge on any atom is -0.456 e. The summed E-state index contributed by atoms with van der Waals surface area (Å²) in [6, 6.07) is 5.87. The van der Waals surface area contributed by atoms with Gasteiger partial charge in [0.25, 0.3) is 10.0 Å². The first-order chi connectivity index (χ1) is 15.7. The minimum absolute atomic E-state index is 0.0333. The number of fused-ring (bicyclic) bond motifs is 1. The number of carbonyl (C=O) groups is 2. The fraction of sp³-hybridized carbons (Fsp3) is 0.273. The minimum atomic E-state index is -3.45. The number of esters is 1. The molecule has 1 N–H and O–H groups in total. The molecule has 0 saturated carbocycles. The number of hydrogen-bond acceptors (Lipinski definition) is 8. The van der Waals surface area contributed by atoms with Crippen molar-refractivity contribution in [1.82, 2.24) is 9.88 Å². The molecule has 0 fully saturated rings. The van der Waals surface area contributed by atoms with Crippen LogP contribution in [0.2, 0.25) is 0 Å². The van der Waals surface area contributed by atoms with Crippen LogP contribution in [0.1, 0.15) is 21.8 Å². The standard InChI is InChI=1S/C22H22N4O5S2/c1-14-3-4-15(2)18(9-14)24-20(27)10-21-23-17(13-32-21)12-31-22(28)16-5-6-19-25-33(29,30)8-7-26(19)11-16/h3-6,9,11,13H,7-8,10,12H2,1-2H3,(H,24,27). The highest BCUT2D eigenvalue weighted by atomic mass is 32.2. The maximum atomic E-state index is 12.4. The van der Waals surface area contributed by atoms with Crippen molar-refractivity contribution >= 4 is 44.8 Å². The Morgan fingerprint density at radius 3 is 2.88 bits per heavy atom. The summed E-state index contributed by atoms with van der Waals surface area (Å²) in [6.45, 7) is 4.09. The zero-order valence-corrected chi connectivity index (χ0v) is 19.7. The van der Waals surface area contributed by atoms with Crippen molar-refractivity contribution in [1.29, 1.82) is 0 Å². The lowest BCUT2D eigenvalue weighted by atomic mass is 10.1. The molecule has 9 nitrogen and oxygen atoms in total. The third kappa shape index (κ3) is 5.74. The van der Waals surface area contributed by atoms with Crippen LogP contribution < -0.4 is 5.32 Å². The van der Waals surface area contributed by atoms with E-state index in [2.05, 4.69) is 14.7 Å². The molecule has 0 bridgehead atoms. The molecule has 0 aliphatic carbocycles.